The second-order valence-corrected chi connectivity index (χ2v) is 7.29. The van der Waals surface area contributed by atoms with Gasteiger partial charge in [-0.3, -0.25) is 9.78 Å². The normalized spacial score (nSPS) is 22.2. The van der Waals surface area contributed by atoms with Crippen LogP contribution in [0.1, 0.15) is 48.6 Å². The molecule has 1 atom stereocenters. The Kier molecular flexibility index (Phi) is 3.67. The van der Waals surface area contributed by atoms with Crippen LogP contribution in [0.25, 0.3) is 5.70 Å². The molecule has 2 aliphatic carbocycles. The first-order valence-electron chi connectivity index (χ1n) is 8.69. The molecule has 0 bridgehead atoms. The van der Waals surface area contributed by atoms with E-state index in [4.69, 9.17) is 12.8 Å². The monoisotopic (exact) mass is 332 g/mol. The largest absolute Gasteiger partial charge is 0.374 e. The number of ketones is 1. The zero-order chi connectivity index (χ0) is 17.6. The van der Waals surface area contributed by atoms with Gasteiger partial charge in [-0.2, -0.15) is 0 Å². The summed E-state index contributed by atoms with van der Waals surface area (Å²) in [5, 5.41) is 9.94. The average Bonchev–Trinajstić information content (AvgIpc) is 3.39. The van der Waals surface area contributed by atoms with Crippen LogP contribution in [0.15, 0.2) is 17.8 Å². The number of terminal acetylenes is 2. The molecular weight excluding hydrogens is 312 g/mol. The molecule has 0 radical (unpaired) electrons. The van der Waals surface area contributed by atoms with Crippen molar-refractivity contribution in [2.24, 2.45) is 5.41 Å². The number of aliphatic hydroxyl groups is 1. The molecule has 4 heteroatoms. The summed E-state index contributed by atoms with van der Waals surface area (Å²) in [6.45, 7) is 1.81. The quantitative estimate of drug-likeness (QED) is 0.843. The van der Waals surface area contributed by atoms with E-state index in [0.29, 0.717) is 16.7 Å². The number of aromatic nitrogens is 1. The van der Waals surface area contributed by atoms with Gasteiger partial charge in [0.05, 0.1) is 17.0 Å². The summed E-state index contributed by atoms with van der Waals surface area (Å²) in [7, 11) is 0. The maximum absolute atomic E-state index is 12.5. The van der Waals surface area contributed by atoms with E-state index in [-0.39, 0.29) is 12.2 Å². The number of carbonyl (C=O) groups excluding carboxylic acids is 1. The topological polar surface area (TPSA) is 53.4 Å². The van der Waals surface area contributed by atoms with Crippen molar-refractivity contribution in [2.45, 2.75) is 38.2 Å². The Morgan fingerprint density at radius 1 is 1.24 bits per heavy atom. The number of hydrogen-bond donors (Lipinski definition) is 1. The number of fused-ring (bicyclic) bond motifs is 1. The summed E-state index contributed by atoms with van der Waals surface area (Å²) < 4.78 is 0. The minimum absolute atomic E-state index is 0.0382. The van der Waals surface area contributed by atoms with E-state index in [2.05, 4.69) is 21.7 Å². The van der Waals surface area contributed by atoms with Gasteiger partial charge in [-0.05, 0) is 42.7 Å². The molecule has 0 amide bonds. The highest BCUT2D eigenvalue weighted by molar-refractivity contribution is 6.10. The molecule has 4 rings (SSSR count). The van der Waals surface area contributed by atoms with E-state index < -0.39 is 6.10 Å². The smallest absolute Gasteiger partial charge is 0.177 e. The fourth-order valence-corrected chi connectivity index (χ4v) is 3.98. The third-order valence-electron chi connectivity index (χ3n) is 5.81. The molecule has 1 N–H and O–H groups in total. The maximum Gasteiger partial charge on any atom is 0.177 e. The molecule has 1 aliphatic heterocycles. The lowest BCUT2D eigenvalue weighted by Gasteiger charge is -2.38. The first-order valence-corrected chi connectivity index (χ1v) is 8.69. The number of likely N-dealkylation sites (tertiary alicyclic amines) is 1. The molecule has 1 aromatic rings. The Hall–Kier alpha value is -2.56. The number of aliphatic hydroxyl groups excluding tert-OH is 1. The number of pyridine rings is 1. The number of rotatable bonds is 2. The highest BCUT2D eigenvalue weighted by Crippen LogP contribution is 2.54. The van der Waals surface area contributed by atoms with Crippen molar-refractivity contribution in [3.63, 3.8) is 0 Å². The fraction of sp³-hybridized carbons (Fsp3) is 0.429. The Morgan fingerprint density at radius 3 is 2.56 bits per heavy atom. The summed E-state index contributed by atoms with van der Waals surface area (Å²) >= 11 is 0. The molecule has 1 spiro atoms. The van der Waals surface area contributed by atoms with E-state index in [9.17, 15) is 9.90 Å². The molecular formula is C21H20N2O2. The molecule has 25 heavy (non-hydrogen) atoms. The standard InChI is InChI=1S/C21H20N2O2/c1-3-15-19(25)11-14-13-22-17(18(24)4-2)12-16(14)20(15)23-9-7-21(5-6-21)8-10-23/h1-2,12-13,18,24H,5-11H2. The van der Waals surface area contributed by atoms with Crippen LogP contribution in [-0.4, -0.2) is 33.9 Å². The van der Waals surface area contributed by atoms with Crippen LogP contribution in [0.4, 0.5) is 0 Å². The number of nitrogens with zero attached hydrogens (tertiary/aromatic N) is 2. The number of allylic oxidation sites excluding steroid dienone is 1. The Bertz CT molecular complexity index is 855. The molecule has 1 saturated carbocycles. The van der Waals surface area contributed by atoms with E-state index in [1.165, 1.54) is 12.8 Å². The van der Waals surface area contributed by atoms with Crippen LogP contribution in [0.2, 0.25) is 0 Å². The average molecular weight is 332 g/mol. The van der Waals surface area contributed by atoms with Crippen molar-refractivity contribution >= 4 is 11.5 Å². The number of carbonyl (C=O) groups is 1. The molecule has 4 nitrogen and oxygen atoms in total. The van der Waals surface area contributed by atoms with Crippen molar-refractivity contribution in [1.29, 1.82) is 0 Å². The van der Waals surface area contributed by atoms with Gasteiger partial charge in [0.15, 0.2) is 11.9 Å². The van der Waals surface area contributed by atoms with E-state index in [1.807, 2.05) is 0 Å². The first kappa shape index (κ1) is 15.9. The number of hydrogen-bond acceptors (Lipinski definition) is 4. The fourth-order valence-electron chi connectivity index (χ4n) is 3.98. The van der Waals surface area contributed by atoms with Crippen molar-refractivity contribution in [2.75, 3.05) is 13.1 Å². The minimum atomic E-state index is -1.06. The summed E-state index contributed by atoms with van der Waals surface area (Å²) in [5.74, 6) is 4.86. The zero-order valence-electron chi connectivity index (χ0n) is 14.1. The van der Waals surface area contributed by atoms with Gasteiger partial charge in [-0.25, -0.2) is 0 Å². The van der Waals surface area contributed by atoms with Crippen LogP contribution < -0.4 is 0 Å². The van der Waals surface area contributed by atoms with E-state index in [0.717, 1.165) is 42.8 Å². The number of Topliss-reactive ketones (excluding diaryl/α,β-unsaturated/α-hetero) is 1. The molecule has 1 saturated heterocycles. The lowest BCUT2D eigenvalue weighted by atomic mass is 9.86. The first-order chi connectivity index (χ1) is 12.1. The second kappa shape index (κ2) is 5.76. The van der Waals surface area contributed by atoms with Gasteiger partial charge in [0.2, 0.25) is 0 Å². The summed E-state index contributed by atoms with van der Waals surface area (Å²) in [5.41, 5.74) is 3.94. The van der Waals surface area contributed by atoms with Crippen LogP contribution in [0.3, 0.4) is 0 Å². The van der Waals surface area contributed by atoms with Gasteiger partial charge in [0.1, 0.15) is 0 Å². The highest BCUT2D eigenvalue weighted by Gasteiger charge is 2.45. The summed E-state index contributed by atoms with van der Waals surface area (Å²) in [4.78, 5) is 19.0. The molecule has 3 aliphatic rings. The Balaban J connectivity index is 1.78. The predicted molar refractivity (Wildman–Crippen MR) is 95.0 cm³/mol. The summed E-state index contributed by atoms with van der Waals surface area (Å²) in [6.07, 6.45) is 16.8. The van der Waals surface area contributed by atoms with Gasteiger partial charge in [-0.1, -0.05) is 11.8 Å². The van der Waals surface area contributed by atoms with Gasteiger partial charge in [0, 0.05) is 31.3 Å². The number of piperidine rings is 1. The van der Waals surface area contributed by atoms with Crippen molar-refractivity contribution < 1.29 is 9.90 Å². The van der Waals surface area contributed by atoms with Crippen LogP contribution >= 0.6 is 0 Å². The van der Waals surface area contributed by atoms with Gasteiger partial charge >= 0.3 is 0 Å². The van der Waals surface area contributed by atoms with Gasteiger partial charge < -0.3 is 10.0 Å². The van der Waals surface area contributed by atoms with Crippen molar-refractivity contribution in [1.82, 2.24) is 9.88 Å². The summed E-state index contributed by atoms with van der Waals surface area (Å²) in [6, 6.07) is 1.79. The van der Waals surface area contributed by atoms with Crippen molar-refractivity contribution in [3.05, 3.63) is 34.7 Å². The molecule has 126 valence electrons. The predicted octanol–water partition coefficient (Wildman–Crippen LogP) is 2.09. The Morgan fingerprint density at radius 2 is 1.96 bits per heavy atom. The third kappa shape index (κ3) is 2.64. The van der Waals surface area contributed by atoms with Gasteiger partial charge in [-0.15, -0.1) is 12.8 Å². The lowest BCUT2D eigenvalue weighted by Crippen LogP contribution is -2.36. The van der Waals surface area contributed by atoms with Crippen LogP contribution in [-0.2, 0) is 11.2 Å². The molecule has 1 unspecified atom stereocenters. The molecule has 2 heterocycles. The minimum Gasteiger partial charge on any atom is -0.374 e. The SMILES string of the molecule is C#CC1=C(N2CCC3(CC2)CC3)c2cc(C(O)C#C)ncc2CC1=O. The second-order valence-electron chi connectivity index (χ2n) is 7.29. The van der Waals surface area contributed by atoms with Gasteiger partial charge in [0.25, 0.3) is 0 Å². The zero-order valence-corrected chi connectivity index (χ0v) is 14.1. The van der Waals surface area contributed by atoms with Crippen LogP contribution in [0, 0.1) is 30.1 Å². The lowest BCUT2D eigenvalue weighted by molar-refractivity contribution is -0.114. The maximum atomic E-state index is 12.5. The highest BCUT2D eigenvalue weighted by atomic mass is 16.3. The van der Waals surface area contributed by atoms with E-state index in [1.54, 1.807) is 12.3 Å². The molecule has 2 fully saturated rings. The molecule has 0 aromatic carbocycles. The van der Waals surface area contributed by atoms with Crippen molar-refractivity contribution in [3.8, 4) is 24.7 Å². The van der Waals surface area contributed by atoms with Crippen LogP contribution in [0.5, 0.6) is 0 Å². The Labute approximate surface area is 147 Å². The third-order valence-corrected chi connectivity index (χ3v) is 5.81. The molecule has 1 aromatic heterocycles. The van der Waals surface area contributed by atoms with E-state index >= 15 is 0 Å².